The van der Waals surface area contributed by atoms with E-state index >= 15 is 0 Å². The molecule has 8 nitrogen and oxygen atoms in total. The number of carbonyl (C=O) groups is 2. The summed E-state index contributed by atoms with van der Waals surface area (Å²) >= 11 is 0. The third-order valence-corrected chi connectivity index (χ3v) is 8.88. The van der Waals surface area contributed by atoms with Crippen LogP contribution >= 0.6 is 0 Å². The molecule has 0 aromatic heterocycles. The molecule has 0 aliphatic carbocycles. The van der Waals surface area contributed by atoms with Crippen LogP contribution in [0.3, 0.4) is 0 Å². The first-order valence-corrected chi connectivity index (χ1v) is 15.3. The van der Waals surface area contributed by atoms with Gasteiger partial charge in [-0.1, -0.05) is 49.7 Å². The second-order valence-electron chi connectivity index (χ2n) is 10.2. The number of amides is 2. The maximum atomic E-state index is 14.2. The van der Waals surface area contributed by atoms with Crippen molar-refractivity contribution >= 4 is 27.5 Å². The molecule has 0 aliphatic rings. The smallest absolute Gasteiger partial charge is 0.264 e. The first kappa shape index (κ1) is 31.7. The largest absolute Gasteiger partial charge is 0.497 e. The molecule has 3 aromatic rings. The highest BCUT2D eigenvalue weighted by molar-refractivity contribution is 7.92. The summed E-state index contributed by atoms with van der Waals surface area (Å²) in [4.78, 5) is 28.9. The number of carbonyl (C=O) groups excluding carboxylic acids is 2. The molecule has 0 heterocycles. The van der Waals surface area contributed by atoms with E-state index < -0.39 is 28.5 Å². The van der Waals surface area contributed by atoms with Crippen molar-refractivity contribution in [2.45, 2.75) is 64.9 Å². The number of anilines is 1. The van der Waals surface area contributed by atoms with Crippen molar-refractivity contribution in [2.24, 2.45) is 0 Å². The number of nitrogens with one attached hydrogen (secondary N) is 1. The third kappa shape index (κ3) is 7.88. The standard InChI is InChI=1S/C32H41N3O5S/c1-7-18-33-32(37)30(8-2)34(21-26-10-9-11-28(20-26)40-6)31(36)22-35(27-15-14-24(4)25(5)19-27)41(38,39)29-16-12-23(3)13-17-29/h9-17,19-20,30H,7-8,18,21-22H2,1-6H3,(H,33,37). The van der Waals surface area contributed by atoms with Gasteiger partial charge in [0.1, 0.15) is 18.3 Å². The SMILES string of the molecule is CCCNC(=O)C(CC)N(Cc1cccc(OC)c1)C(=O)CN(c1ccc(C)c(C)c1)S(=O)(=O)c1ccc(C)cc1. The van der Waals surface area contributed by atoms with Crippen molar-refractivity contribution < 1.29 is 22.7 Å². The number of rotatable bonds is 13. The average molecular weight is 580 g/mol. The summed E-state index contributed by atoms with van der Waals surface area (Å²) in [5.74, 6) is -0.137. The van der Waals surface area contributed by atoms with Crippen LogP contribution < -0.4 is 14.4 Å². The Morgan fingerprint density at radius 3 is 2.24 bits per heavy atom. The maximum absolute atomic E-state index is 14.2. The molecule has 0 fully saturated rings. The van der Waals surface area contributed by atoms with Gasteiger partial charge in [-0.15, -0.1) is 0 Å². The zero-order valence-corrected chi connectivity index (χ0v) is 25.6. The van der Waals surface area contributed by atoms with Gasteiger partial charge in [0, 0.05) is 13.1 Å². The second kappa shape index (κ2) is 14.2. The summed E-state index contributed by atoms with van der Waals surface area (Å²) in [5, 5.41) is 2.90. The summed E-state index contributed by atoms with van der Waals surface area (Å²) in [6.07, 6.45) is 1.11. The summed E-state index contributed by atoms with van der Waals surface area (Å²) in [7, 11) is -2.55. The van der Waals surface area contributed by atoms with E-state index in [4.69, 9.17) is 4.74 Å². The molecule has 9 heteroatoms. The molecule has 0 saturated carbocycles. The molecule has 3 aromatic carbocycles. The van der Waals surface area contributed by atoms with E-state index in [0.717, 1.165) is 33.0 Å². The number of nitrogens with zero attached hydrogens (tertiary/aromatic N) is 2. The fourth-order valence-electron chi connectivity index (χ4n) is 4.50. The molecule has 1 N–H and O–H groups in total. The Hall–Kier alpha value is -3.85. The van der Waals surface area contributed by atoms with Crippen molar-refractivity contribution in [3.8, 4) is 5.75 Å². The summed E-state index contributed by atoms with van der Waals surface area (Å²) in [6.45, 7) is 9.64. The van der Waals surface area contributed by atoms with Crippen LogP contribution in [0.15, 0.2) is 71.6 Å². The quantitative estimate of drug-likeness (QED) is 0.302. The van der Waals surface area contributed by atoms with Crippen LogP contribution in [-0.4, -0.2) is 51.4 Å². The lowest BCUT2D eigenvalue weighted by Crippen LogP contribution is -2.52. The van der Waals surface area contributed by atoms with Crippen molar-refractivity contribution in [1.82, 2.24) is 10.2 Å². The zero-order valence-electron chi connectivity index (χ0n) is 24.8. The van der Waals surface area contributed by atoms with E-state index in [1.807, 2.05) is 52.8 Å². The van der Waals surface area contributed by atoms with Gasteiger partial charge < -0.3 is 15.0 Å². The number of sulfonamides is 1. The van der Waals surface area contributed by atoms with Gasteiger partial charge in [0.2, 0.25) is 11.8 Å². The highest BCUT2D eigenvalue weighted by Gasteiger charge is 2.33. The molecular weight excluding hydrogens is 538 g/mol. The van der Waals surface area contributed by atoms with E-state index in [1.54, 1.807) is 55.6 Å². The van der Waals surface area contributed by atoms with Gasteiger partial charge >= 0.3 is 0 Å². The summed E-state index contributed by atoms with van der Waals surface area (Å²) < 4.78 is 34.5. The van der Waals surface area contributed by atoms with Crippen LogP contribution in [0.1, 0.15) is 48.9 Å². The van der Waals surface area contributed by atoms with Gasteiger partial charge in [0.15, 0.2) is 0 Å². The van der Waals surface area contributed by atoms with Crippen LogP contribution in [0, 0.1) is 20.8 Å². The lowest BCUT2D eigenvalue weighted by molar-refractivity contribution is -0.140. The first-order chi connectivity index (χ1) is 19.5. The van der Waals surface area contributed by atoms with Crippen LogP contribution in [0.25, 0.3) is 0 Å². The van der Waals surface area contributed by atoms with E-state index in [2.05, 4.69) is 5.32 Å². The van der Waals surface area contributed by atoms with Gasteiger partial charge in [0.25, 0.3) is 10.0 Å². The lowest BCUT2D eigenvalue weighted by atomic mass is 10.1. The number of hydrogen-bond acceptors (Lipinski definition) is 5. The zero-order chi connectivity index (χ0) is 30.2. The molecule has 0 aliphatic heterocycles. The number of hydrogen-bond donors (Lipinski definition) is 1. The molecule has 0 spiro atoms. The fraction of sp³-hybridized carbons (Fsp3) is 0.375. The highest BCUT2D eigenvalue weighted by Crippen LogP contribution is 2.27. The topological polar surface area (TPSA) is 96.0 Å². The van der Waals surface area contributed by atoms with Gasteiger partial charge in [0.05, 0.1) is 17.7 Å². The molecule has 0 saturated heterocycles. The Morgan fingerprint density at radius 2 is 1.63 bits per heavy atom. The van der Waals surface area contributed by atoms with Gasteiger partial charge in [-0.25, -0.2) is 8.42 Å². The van der Waals surface area contributed by atoms with E-state index in [9.17, 15) is 18.0 Å². The third-order valence-electron chi connectivity index (χ3n) is 7.09. The van der Waals surface area contributed by atoms with Crippen molar-refractivity contribution in [1.29, 1.82) is 0 Å². The van der Waals surface area contributed by atoms with Crippen molar-refractivity contribution in [3.05, 3.63) is 89.0 Å². The number of ether oxygens (including phenoxy) is 1. The predicted octanol–water partition coefficient (Wildman–Crippen LogP) is 5.15. The summed E-state index contributed by atoms with van der Waals surface area (Å²) in [6, 6.07) is 18.4. The van der Waals surface area contributed by atoms with E-state index in [1.165, 1.54) is 4.90 Å². The molecular formula is C32H41N3O5S. The van der Waals surface area contributed by atoms with Gasteiger partial charge in [-0.05, 0) is 86.7 Å². The molecule has 0 bridgehead atoms. The monoisotopic (exact) mass is 579 g/mol. The molecule has 41 heavy (non-hydrogen) atoms. The molecule has 1 atom stereocenters. The Morgan fingerprint density at radius 1 is 0.927 bits per heavy atom. The molecule has 1 unspecified atom stereocenters. The Balaban J connectivity index is 2.08. The van der Waals surface area contributed by atoms with Gasteiger partial charge in [-0.2, -0.15) is 0 Å². The average Bonchev–Trinajstić information content (AvgIpc) is 2.96. The number of benzene rings is 3. The molecule has 2 amide bonds. The van der Waals surface area contributed by atoms with Crippen LogP contribution in [0.5, 0.6) is 5.75 Å². The highest BCUT2D eigenvalue weighted by atomic mass is 32.2. The Bertz CT molecular complexity index is 1450. The first-order valence-electron chi connectivity index (χ1n) is 13.9. The fourth-order valence-corrected chi connectivity index (χ4v) is 5.91. The minimum Gasteiger partial charge on any atom is -0.497 e. The minimum absolute atomic E-state index is 0.0844. The number of methoxy groups -OCH3 is 1. The molecule has 3 rings (SSSR count). The Kier molecular flexibility index (Phi) is 10.9. The Labute approximate surface area is 244 Å². The normalized spacial score (nSPS) is 12.0. The van der Waals surface area contributed by atoms with Gasteiger partial charge in [-0.3, -0.25) is 13.9 Å². The van der Waals surface area contributed by atoms with Crippen LogP contribution in [-0.2, 0) is 26.2 Å². The van der Waals surface area contributed by atoms with Crippen molar-refractivity contribution in [2.75, 3.05) is 24.5 Å². The van der Waals surface area contributed by atoms with E-state index in [-0.39, 0.29) is 17.3 Å². The number of aryl methyl sites for hydroxylation is 3. The predicted molar refractivity (Wildman–Crippen MR) is 163 cm³/mol. The minimum atomic E-state index is -4.11. The summed E-state index contributed by atoms with van der Waals surface area (Å²) in [5.41, 5.74) is 3.97. The second-order valence-corrected chi connectivity index (χ2v) is 12.0. The maximum Gasteiger partial charge on any atom is 0.264 e. The molecule has 0 radical (unpaired) electrons. The van der Waals surface area contributed by atoms with Crippen LogP contribution in [0.4, 0.5) is 5.69 Å². The van der Waals surface area contributed by atoms with E-state index in [0.29, 0.717) is 24.4 Å². The van der Waals surface area contributed by atoms with Crippen molar-refractivity contribution in [3.63, 3.8) is 0 Å². The molecule has 220 valence electrons. The van der Waals surface area contributed by atoms with Crippen LogP contribution in [0.2, 0.25) is 0 Å². The lowest BCUT2D eigenvalue weighted by Gasteiger charge is -2.33.